The molecule has 0 saturated carbocycles. The lowest BCUT2D eigenvalue weighted by molar-refractivity contribution is -0.0605. The summed E-state index contributed by atoms with van der Waals surface area (Å²) in [7, 11) is 0. The zero-order valence-corrected chi connectivity index (χ0v) is 14.6. The number of ether oxygens (including phenoxy) is 1. The molecule has 0 bridgehead atoms. The number of fused-ring (bicyclic) bond motifs is 3. The van der Waals surface area contributed by atoms with Gasteiger partial charge in [-0.05, 0) is 37.0 Å². The fraction of sp³-hybridized carbons (Fsp3) is 0.526. The Hall–Kier alpha value is -2.21. The Kier molecular flexibility index (Phi) is 4.53. The van der Waals surface area contributed by atoms with E-state index in [4.69, 9.17) is 4.74 Å². The average molecular weight is 340 g/mol. The maximum Gasteiger partial charge on any atom is 0.253 e. The van der Waals surface area contributed by atoms with Crippen molar-refractivity contribution < 1.29 is 9.53 Å². The van der Waals surface area contributed by atoms with E-state index in [0.29, 0.717) is 13.2 Å². The number of aromatic nitrogens is 3. The molecule has 0 spiro atoms. The van der Waals surface area contributed by atoms with Gasteiger partial charge in [0.2, 0.25) is 0 Å². The maximum atomic E-state index is 12.9. The summed E-state index contributed by atoms with van der Waals surface area (Å²) in [6.45, 7) is 4.09. The standard InChI is InChI=1S/C19H24N4O2/c1-2-3-4-14-5-7-15(8-6-14)19(24)22-10-9-18-17(12-22)23-16(13-25-18)11-20-21-23/h5-8,11,17-18H,2-4,9-10,12-13H2,1H3/t17-,18+/m1/s1. The number of carbonyl (C=O) groups excluding carboxylic acids is 1. The lowest BCUT2D eigenvalue weighted by atomic mass is 9.99. The molecule has 25 heavy (non-hydrogen) atoms. The van der Waals surface area contributed by atoms with Crippen LogP contribution in [0.15, 0.2) is 30.5 Å². The Balaban J connectivity index is 1.47. The van der Waals surface area contributed by atoms with E-state index < -0.39 is 0 Å². The van der Waals surface area contributed by atoms with E-state index in [1.807, 2.05) is 21.7 Å². The van der Waals surface area contributed by atoms with Gasteiger partial charge in [0, 0.05) is 18.7 Å². The fourth-order valence-corrected chi connectivity index (χ4v) is 3.74. The molecule has 132 valence electrons. The molecule has 0 N–H and O–H groups in total. The van der Waals surface area contributed by atoms with Crippen molar-refractivity contribution in [1.82, 2.24) is 19.9 Å². The molecule has 2 aromatic rings. The van der Waals surface area contributed by atoms with Gasteiger partial charge in [-0.25, -0.2) is 4.68 Å². The first-order valence-corrected chi connectivity index (χ1v) is 9.15. The van der Waals surface area contributed by atoms with Crippen LogP contribution in [-0.4, -0.2) is 45.0 Å². The van der Waals surface area contributed by atoms with Gasteiger partial charge in [-0.1, -0.05) is 30.7 Å². The summed E-state index contributed by atoms with van der Waals surface area (Å²) in [6.07, 6.45) is 6.14. The first-order chi connectivity index (χ1) is 12.3. The van der Waals surface area contributed by atoms with Crippen molar-refractivity contribution in [2.75, 3.05) is 13.1 Å². The third-order valence-corrected chi connectivity index (χ3v) is 5.24. The van der Waals surface area contributed by atoms with Gasteiger partial charge in [-0.2, -0.15) is 0 Å². The third-order valence-electron chi connectivity index (χ3n) is 5.24. The van der Waals surface area contributed by atoms with E-state index >= 15 is 0 Å². The van der Waals surface area contributed by atoms with Gasteiger partial charge < -0.3 is 9.64 Å². The molecular formula is C19H24N4O2. The van der Waals surface area contributed by atoms with Crippen molar-refractivity contribution in [3.63, 3.8) is 0 Å². The number of unbranched alkanes of at least 4 members (excludes halogenated alkanes) is 1. The molecule has 4 rings (SSSR count). The quantitative estimate of drug-likeness (QED) is 0.858. The highest BCUT2D eigenvalue weighted by molar-refractivity contribution is 5.94. The van der Waals surface area contributed by atoms with E-state index in [-0.39, 0.29) is 18.1 Å². The molecule has 0 radical (unpaired) electrons. The monoisotopic (exact) mass is 340 g/mol. The zero-order valence-electron chi connectivity index (χ0n) is 14.6. The topological polar surface area (TPSA) is 60.3 Å². The van der Waals surface area contributed by atoms with Crippen molar-refractivity contribution in [2.24, 2.45) is 0 Å². The molecule has 6 heteroatoms. The van der Waals surface area contributed by atoms with Gasteiger partial charge in [0.25, 0.3) is 5.91 Å². The summed E-state index contributed by atoms with van der Waals surface area (Å²) >= 11 is 0. The molecular weight excluding hydrogens is 316 g/mol. The maximum absolute atomic E-state index is 12.9. The number of piperidine rings is 1. The van der Waals surface area contributed by atoms with Crippen LogP contribution in [-0.2, 0) is 17.8 Å². The van der Waals surface area contributed by atoms with Crippen LogP contribution in [0.3, 0.4) is 0 Å². The van der Waals surface area contributed by atoms with Crippen molar-refractivity contribution in [2.45, 2.75) is 51.4 Å². The van der Waals surface area contributed by atoms with Gasteiger partial charge >= 0.3 is 0 Å². The van der Waals surface area contributed by atoms with Crippen LogP contribution in [0.1, 0.15) is 53.8 Å². The molecule has 0 aliphatic carbocycles. The van der Waals surface area contributed by atoms with Crippen molar-refractivity contribution >= 4 is 5.91 Å². The number of hydrogen-bond acceptors (Lipinski definition) is 4. The Morgan fingerprint density at radius 2 is 2.16 bits per heavy atom. The van der Waals surface area contributed by atoms with E-state index in [0.717, 1.165) is 30.6 Å². The second-order valence-electron chi connectivity index (χ2n) is 6.93. The predicted molar refractivity (Wildman–Crippen MR) is 93.2 cm³/mol. The molecule has 1 aromatic carbocycles. The minimum absolute atomic E-state index is 0.0628. The SMILES string of the molecule is CCCCc1ccc(C(=O)N2CC[C@@H]3OCc4cnnn4[C@@H]3C2)cc1. The van der Waals surface area contributed by atoms with Crippen molar-refractivity contribution in [3.05, 3.63) is 47.3 Å². The molecule has 2 aliphatic heterocycles. The van der Waals surface area contributed by atoms with Crippen LogP contribution in [0.5, 0.6) is 0 Å². The summed E-state index contributed by atoms with van der Waals surface area (Å²) in [5.74, 6) is 0.0905. The van der Waals surface area contributed by atoms with Gasteiger partial charge in [-0.3, -0.25) is 4.79 Å². The summed E-state index contributed by atoms with van der Waals surface area (Å²) in [5.41, 5.74) is 3.04. The Morgan fingerprint density at radius 1 is 1.32 bits per heavy atom. The molecule has 3 heterocycles. The highest BCUT2D eigenvalue weighted by Crippen LogP contribution is 2.30. The van der Waals surface area contributed by atoms with Crippen LogP contribution in [0.25, 0.3) is 0 Å². The Bertz CT molecular complexity index is 740. The Labute approximate surface area is 147 Å². The van der Waals surface area contributed by atoms with E-state index in [1.54, 1.807) is 6.20 Å². The summed E-state index contributed by atoms with van der Waals surface area (Å²) in [5, 5.41) is 8.18. The normalized spacial score (nSPS) is 22.4. The largest absolute Gasteiger partial charge is 0.370 e. The number of carbonyl (C=O) groups is 1. The van der Waals surface area contributed by atoms with E-state index in [1.165, 1.54) is 18.4 Å². The summed E-state index contributed by atoms with van der Waals surface area (Å²) in [4.78, 5) is 14.8. The lowest BCUT2D eigenvalue weighted by Gasteiger charge is -2.41. The van der Waals surface area contributed by atoms with Crippen LogP contribution in [0.4, 0.5) is 0 Å². The predicted octanol–water partition coefficient (Wildman–Crippen LogP) is 2.61. The highest BCUT2D eigenvalue weighted by Gasteiger charge is 2.37. The highest BCUT2D eigenvalue weighted by atomic mass is 16.5. The van der Waals surface area contributed by atoms with Crippen LogP contribution in [0, 0.1) is 0 Å². The molecule has 1 aromatic heterocycles. The van der Waals surface area contributed by atoms with E-state index in [9.17, 15) is 4.79 Å². The van der Waals surface area contributed by atoms with Crippen LogP contribution in [0.2, 0.25) is 0 Å². The van der Waals surface area contributed by atoms with Gasteiger partial charge in [0.1, 0.15) is 0 Å². The zero-order chi connectivity index (χ0) is 17.2. The van der Waals surface area contributed by atoms with Crippen molar-refractivity contribution in [3.8, 4) is 0 Å². The first-order valence-electron chi connectivity index (χ1n) is 9.15. The van der Waals surface area contributed by atoms with Crippen LogP contribution < -0.4 is 0 Å². The number of hydrogen-bond donors (Lipinski definition) is 0. The number of likely N-dealkylation sites (tertiary alicyclic amines) is 1. The summed E-state index contributed by atoms with van der Waals surface area (Å²) < 4.78 is 7.85. The number of benzene rings is 1. The molecule has 2 atom stereocenters. The first kappa shape index (κ1) is 16.3. The average Bonchev–Trinajstić information content (AvgIpc) is 3.15. The lowest BCUT2D eigenvalue weighted by Crippen LogP contribution is -2.49. The van der Waals surface area contributed by atoms with Gasteiger partial charge in [0.05, 0.1) is 30.6 Å². The number of nitrogens with zero attached hydrogens (tertiary/aromatic N) is 4. The minimum atomic E-state index is 0.0628. The van der Waals surface area contributed by atoms with Crippen molar-refractivity contribution in [1.29, 1.82) is 0 Å². The fourth-order valence-electron chi connectivity index (χ4n) is 3.74. The minimum Gasteiger partial charge on any atom is -0.370 e. The third kappa shape index (κ3) is 3.18. The smallest absolute Gasteiger partial charge is 0.253 e. The summed E-state index contributed by atoms with van der Waals surface area (Å²) in [6, 6.07) is 8.13. The number of amides is 1. The second kappa shape index (κ2) is 6.96. The second-order valence-corrected chi connectivity index (χ2v) is 6.93. The molecule has 1 saturated heterocycles. The molecule has 1 amide bonds. The number of aryl methyl sites for hydroxylation is 1. The molecule has 6 nitrogen and oxygen atoms in total. The molecule has 1 fully saturated rings. The number of rotatable bonds is 4. The molecule has 0 unspecified atom stereocenters. The van der Waals surface area contributed by atoms with E-state index in [2.05, 4.69) is 29.4 Å². The van der Waals surface area contributed by atoms with Gasteiger partial charge in [0.15, 0.2) is 0 Å². The Morgan fingerprint density at radius 3 is 2.96 bits per heavy atom. The van der Waals surface area contributed by atoms with Gasteiger partial charge in [-0.15, -0.1) is 5.10 Å². The van der Waals surface area contributed by atoms with Crippen LogP contribution >= 0.6 is 0 Å². The molecule has 2 aliphatic rings.